The number of carbonyl (C=O) groups is 2. The van der Waals surface area contributed by atoms with Gasteiger partial charge in [0.2, 0.25) is 12.7 Å². The normalized spacial score (nSPS) is 18.0. The van der Waals surface area contributed by atoms with E-state index in [4.69, 9.17) is 14.2 Å². The van der Waals surface area contributed by atoms with E-state index in [-0.39, 0.29) is 31.2 Å². The Morgan fingerprint density at radius 3 is 2.72 bits per heavy atom. The van der Waals surface area contributed by atoms with E-state index in [9.17, 15) is 9.59 Å². The lowest BCUT2D eigenvalue weighted by Gasteiger charge is -2.37. The highest BCUT2D eigenvalue weighted by Crippen LogP contribution is 2.36. The number of rotatable bonds is 8. The van der Waals surface area contributed by atoms with E-state index in [0.29, 0.717) is 42.7 Å². The first-order valence-electron chi connectivity index (χ1n) is 12.4. The van der Waals surface area contributed by atoms with Crippen molar-refractivity contribution in [2.45, 2.75) is 25.3 Å². The molecule has 3 aromatic rings. The van der Waals surface area contributed by atoms with Crippen molar-refractivity contribution in [3.05, 3.63) is 76.0 Å². The number of benzene rings is 2. The second-order valence-corrected chi connectivity index (χ2v) is 10.5. The Labute approximate surface area is 214 Å². The maximum Gasteiger partial charge on any atom is 0.254 e. The maximum atomic E-state index is 13.7. The van der Waals surface area contributed by atoms with Crippen molar-refractivity contribution in [3.8, 4) is 17.2 Å². The Morgan fingerprint density at radius 1 is 1.06 bits per heavy atom. The van der Waals surface area contributed by atoms with Gasteiger partial charge in [0.25, 0.3) is 5.91 Å². The molecule has 1 saturated carbocycles. The third-order valence-corrected chi connectivity index (χ3v) is 7.97. The minimum absolute atomic E-state index is 0.0467. The summed E-state index contributed by atoms with van der Waals surface area (Å²) in [5, 5.41) is 2.08. The topological polar surface area (TPSA) is 68.3 Å². The number of hydrogen-bond acceptors (Lipinski definition) is 6. The first kappa shape index (κ1) is 22.9. The highest BCUT2D eigenvalue weighted by molar-refractivity contribution is 7.10. The Bertz CT molecular complexity index is 1260. The van der Waals surface area contributed by atoms with Crippen LogP contribution in [-0.2, 0) is 11.2 Å². The molecular weight excluding hydrogens is 476 g/mol. The minimum Gasteiger partial charge on any atom is -0.491 e. The molecule has 6 rings (SSSR count). The van der Waals surface area contributed by atoms with Crippen LogP contribution >= 0.6 is 11.3 Å². The summed E-state index contributed by atoms with van der Waals surface area (Å²) >= 11 is 1.73. The van der Waals surface area contributed by atoms with Gasteiger partial charge in [0.1, 0.15) is 18.9 Å². The average molecular weight is 505 g/mol. The van der Waals surface area contributed by atoms with E-state index in [2.05, 4.69) is 11.4 Å². The van der Waals surface area contributed by atoms with Gasteiger partial charge >= 0.3 is 0 Å². The fourth-order valence-corrected chi connectivity index (χ4v) is 5.79. The molecule has 186 valence electrons. The van der Waals surface area contributed by atoms with E-state index in [0.717, 1.165) is 30.6 Å². The van der Waals surface area contributed by atoms with Gasteiger partial charge in [-0.15, -0.1) is 11.3 Å². The van der Waals surface area contributed by atoms with E-state index in [1.807, 2.05) is 35.2 Å². The zero-order chi connectivity index (χ0) is 24.5. The fourth-order valence-electron chi connectivity index (χ4n) is 4.86. The quantitative estimate of drug-likeness (QED) is 0.451. The van der Waals surface area contributed by atoms with Crippen molar-refractivity contribution in [1.82, 2.24) is 9.80 Å². The summed E-state index contributed by atoms with van der Waals surface area (Å²) < 4.78 is 16.9. The van der Waals surface area contributed by atoms with Crippen LogP contribution in [-0.4, -0.2) is 54.6 Å². The summed E-state index contributed by atoms with van der Waals surface area (Å²) in [4.78, 5) is 32.1. The van der Waals surface area contributed by atoms with Crippen molar-refractivity contribution < 1.29 is 23.8 Å². The number of fused-ring (bicyclic) bond motifs is 2. The molecule has 2 amide bonds. The van der Waals surface area contributed by atoms with Crippen LogP contribution in [0.2, 0.25) is 0 Å². The second-order valence-electron chi connectivity index (χ2n) is 9.47. The van der Waals surface area contributed by atoms with Gasteiger partial charge in [-0.2, -0.15) is 0 Å². The average Bonchev–Trinajstić information content (AvgIpc) is 3.38. The van der Waals surface area contributed by atoms with Gasteiger partial charge in [0.15, 0.2) is 11.5 Å². The highest BCUT2D eigenvalue weighted by Gasteiger charge is 2.35. The van der Waals surface area contributed by atoms with Crippen LogP contribution in [0, 0.1) is 5.92 Å². The fraction of sp³-hybridized carbons (Fsp3) is 0.357. The third kappa shape index (κ3) is 4.78. The highest BCUT2D eigenvalue weighted by atomic mass is 32.1. The van der Waals surface area contributed by atoms with Gasteiger partial charge < -0.3 is 24.0 Å². The SMILES string of the molecule is O=C(c1ccc2c(c1)OCO2)N(CC(=O)N1CCc2sccc2C1COc1ccccc1)CC1CC1. The number of thiophene rings is 1. The molecule has 2 aliphatic heterocycles. The van der Waals surface area contributed by atoms with Crippen molar-refractivity contribution >= 4 is 23.2 Å². The lowest BCUT2D eigenvalue weighted by molar-refractivity contribution is -0.135. The lowest BCUT2D eigenvalue weighted by Crippen LogP contribution is -2.48. The summed E-state index contributed by atoms with van der Waals surface area (Å²) in [5.74, 6) is 2.23. The van der Waals surface area contributed by atoms with E-state index in [1.54, 1.807) is 34.4 Å². The second kappa shape index (κ2) is 9.85. The van der Waals surface area contributed by atoms with Crippen molar-refractivity contribution in [2.24, 2.45) is 5.92 Å². The molecule has 1 unspecified atom stereocenters. The zero-order valence-electron chi connectivity index (χ0n) is 19.9. The predicted octanol–water partition coefficient (Wildman–Crippen LogP) is 4.53. The molecular formula is C28H28N2O5S. The smallest absolute Gasteiger partial charge is 0.254 e. The van der Waals surface area contributed by atoms with Crippen LogP contribution in [0.15, 0.2) is 60.0 Å². The predicted molar refractivity (Wildman–Crippen MR) is 136 cm³/mol. The first-order valence-corrected chi connectivity index (χ1v) is 13.3. The zero-order valence-corrected chi connectivity index (χ0v) is 20.7. The van der Waals surface area contributed by atoms with Gasteiger partial charge in [-0.1, -0.05) is 18.2 Å². The molecule has 0 saturated heterocycles. The number of hydrogen-bond donors (Lipinski definition) is 0. The van der Waals surface area contributed by atoms with Crippen LogP contribution in [0.4, 0.5) is 0 Å². The number of nitrogens with zero attached hydrogens (tertiary/aromatic N) is 2. The largest absolute Gasteiger partial charge is 0.491 e. The lowest BCUT2D eigenvalue weighted by atomic mass is 10.00. The third-order valence-electron chi connectivity index (χ3n) is 6.97. The number of amides is 2. The molecule has 0 spiro atoms. The Balaban J connectivity index is 1.21. The van der Waals surface area contributed by atoms with Crippen molar-refractivity contribution in [3.63, 3.8) is 0 Å². The molecule has 3 heterocycles. The van der Waals surface area contributed by atoms with Gasteiger partial charge in [0, 0.05) is 23.5 Å². The molecule has 0 bridgehead atoms. The first-order chi connectivity index (χ1) is 17.7. The summed E-state index contributed by atoms with van der Waals surface area (Å²) in [5.41, 5.74) is 1.65. The van der Waals surface area contributed by atoms with Crippen LogP contribution in [0.1, 0.15) is 39.7 Å². The Hall–Kier alpha value is -3.52. The Kier molecular flexibility index (Phi) is 6.27. The number of ether oxygens (including phenoxy) is 3. The molecule has 1 fully saturated rings. The summed E-state index contributed by atoms with van der Waals surface area (Å²) in [6.07, 6.45) is 3.00. The van der Waals surface area contributed by atoms with Crippen LogP contribution in [0.25, 0.3) is 0 Å². The molecule has 3 aliphatic rings. The standard InChI is InChI=1S/C28H28N2O5S/c31-27(16-29(15-19-6-7-19)28(32)20-8-9-24-25(14-20)35-18-34-24)30-12-10-26-22(11-13-36-26)23(30)17-33-21-4-2-1-3-5-21/h1-5,8-9,11,13-14,19,23H,6-7,10,12,15-18H2. The Morgan fingerprint density at radius 2 is 1.89 bits per heavy atom. The molecule has 1 atom stereocenters. The summed E-state index contributed by atoms with van der Waals surface area (Å²) in [7, 11) is 0. The van der Waals surface area contributed by atoms with Gasteiger partial charge in [-0.05, 0) is 72.5 Å². The molecule has 8 heteroatoms. The molecule has 0 radical (unpaired) electrons. The molecule has 36 heavy (non-hydrogen) atoms. The van der Waals surface area contributed by atoms with E-state index in [1.165, 1.54) is 4.88 Å². The molecule has 7 nitrogen and oxygen atoms in total. The summed E-state index contributed by atoms with van der Waals surface area (Å²) in [6, 6.07) is 16.8. The van der Waals surface area contributed by atoms with Crippen LogP contribution in [0.3, 0.4) is 0 Å². The molecule has 0 N–H and O–H groups in total. The van der Waals surface area contributed by atoms with Crippen molar-refractivity contribution in [2.75, 3.05) is 33.0 Å². The van der Waals surface area contributed by atoms with Gasteiger partial charge in [-0.25, -0.2) is 0 Å². The van der Waals surface area contributed by atoms with Crippen molar-refractivity contribution in [1.29, 1.82) is 0 Å². The number of carbonyl (C=O) groups excluding carboxylic acids is 2. The number of para-hydroxylation sites is 1. The minimum atomic E-state index is -0.184. The van der Waals surface area contributed by atoms with E-state index < -0.39 is 0 Å². The maximum absolute atomic E-state index is 13.7. The summed E-state index contributed by atoms with van der Waals surface area (Å²) in [6.45, 7) is 1.78. The van der Waals surface area contributed by atoms with Gasteiger partial charge in [-0.3, -0.25) is 9.59 Å². The monoisotopic (exact) mass is 504 g/mol. The van der Waals surface area contributed by atoms with E-state index >= 15 is 0 Å². The molecule has 2 aromatic carbocycles. The molecule has 1 aromatic heterocycles. The van der Waals surface area contributed by atoms with Gasteiger partial charge in [0.05, 0.1) is 6.04 Å². The van der Waals surface area contributed by atoms with Crippen LogP contribution < -0.4 is 14.2 Å². The molecule has 1 aliphatic carbocycles. The van der Waals surface area contributed by atoms with Crippen LogP contribution in [0.5, 0.6) is 17.2 Å².